The highest BCUT2D eigenvalue weighted by Crippen LogP contribution is 2.21. The van der Waals surface area contributed by atoms with Crippen molar-refractivity contribution < 1.29 is 0 Å². The summed E-state index contributed by atoms with van der Waals surface area (Å²) in [4.78, 5) is 17.4. The molecule has 1 aliphatic rings. The van der Waals surface area contributed by atoms with Crippen LogP contribution in [0.25, 0.3) is 11.3 Å². The molecule has 0 aliphatic carbocycles. The molecule has 5 nitrogen and oxygen atoms in total. The minimum Gasteiger partial charge on any atom is -0.369 e. The van der Waals surface area contributed by atoms with Crippen LogP contribution in [0.4, 0.5) is 5.69 Å². The Hall–Kier alpha value is -2.63. The van der Waals surface area contributed by atoms with Crippen LogP contribution in [0.15, 0.2) is 65.5 Å². The van der Waals surface area contributed by atoms with E-state index in [0.29, 0.717) is 6.54 Å². The van der Waals surface area contributed by atoms with Gasteiger partial charge in [0.1, 0.15) is 0 Å². The SMILES string of the molecule is Cc1cc(-c2ccccc2)nn(CCCCN2CCN(c3cccc(Cl)c3)CC2)c1=O. The van der Waals surface area contributed by atoms with Crippen LogP contribution >= 0.6 is 11.6 Å². The average molecular weight is 437 g/mol. The lowest BCUT2D eigenvalue weighted by atomic mass is 10.1. The number of nitrogens with zero attached hydrogens (tertiary/aromatic N) is 4. The summed E-state index contributed by atoms with van der Waals surface area (Å²) in [5, 5.41) is 5.40. The molecule has 0 amide bonds. The monoisotopic (exact) mass is 436 g/mol. The number of benzene rings is 2. The zero-order chi connectivity index (χ0) is 21.6. The van der Waals surface area contributed by atoms with Crippen LogP contribution in [0.1, 0.15) is 18.4 Å². The van der Waals surface area contributed by atoms with Gasteiger partial charge in [0.15, 0.2) is 0 Å². The highest BCUT2D eigenvalue weighted by molar-refractivity contribution is 6.30. The number of rotatable bonds is 7. The van der Waals surface area contributed by atoms with Crippen LogP contribution in [0.3, 0.4) is 0 Å². The van der Waals surface area contributed by atoms with Gasteiger partial charge in [-0.2, -0.15) is 5.10 Å². The van der Waals surface area contributed by atoms with Gasteiger partial charge < -0.3 is 4.90 Å². The first-order chi connectivity index (χ1) is 15.1. The Kier molecular flexibility index (Phi) is 7.05. The van der Waals surface area contributed by atoms with Crippen LogP contribution in [-0.4, -0.2) is 47.4 Å². The van der Waals surface area contributed by atoms with E-state index in [-0.39, 0.29) is 5.56 Å². The lowest BCUT2D eigenvalue weighted by Crippen LogP contribution is -2.46. The van der Waals surface area contributed by atoms with Crippen molar-refractivity contribution in [2.75, 3.05) is 37.6 Å². The van der Waals surface area contributed by atoms with Crippen LogP contribution < -0.4 is 10.5 Å². The van der Waals surface area contributed by atoms with E-state index in [1.165, 1.54) is 5.69 Å². The van der Waals surface area contributed by atoms with E-state index in [4.69, 9.17) is 11.6 Å². The number of halogens is 1. The number of anilines is 1. The van der Waals surface area contributed by atoms with Crippen LogP contribution in [0.5, 0.6) is 0 Å². The molecule has 0 unspecified atom stereocenters. The predicted molar refractivity (Wildman–Crippen MR) is 128 cm³/mol. The fourth-order valence-corrected chi connectivity index (χ4v) is 4.26. The Bertz CT molecular complexity index is 1060. The normalized spacial score (nSPS) is 14.7. The Balaban J connectivity index is 1.27. The van der Waals surface area contributed by atoms with Crippen molar-refractivity contribution in [1.29, 1.82) is 0 Å². The molecule has 0 atom stereocenters. The summed E-state index contributed by atoms with van der Waals surface area (Å²) in [7, 11) is 0. The van der Waals surface area contributed by atoms with Crippen molar-refractivity contribution in [3.8, 4) is 11.3 Å². The fourth-order valence-electron chi connectivity index (χ4n) is 4.08. The van der Waals surface area contributed by atoms with Gasteiger partial charge in [0.05, 0.1) is 5.69 Å². The maximum Gasteiger partial charge on any atom is 0.269 e. The molecule has 162 valence electrons. The van der Waals surface area contributed by atoms with Crippen molar-refractivity contribution in [3.63, 3.8) is 0 Å². The molecule has 1 saturated heterocycles. The summed E-state index contributed by atoms with van der Waals surface area (Å²) in [6.07, 6.45) is 2.00. The van der Waals surface area contributed by atoms with E-state index in [1.54, 1.807) is 4.68 Å². The molecule has 2 aromatic carbocycles. The number of aryl methyl sites for hydroxylation is 2. The maximum absolute atomic E-state index is 12.5. The summed E-state index contributed by atoms with van der Waals surface area (Å²) < 4.78 is 1.63. The van der Waals surface area contributed by atoms with Gasteiger partial charge in [-0.25, -0.2) is 4.68 Å². The highest BCUT2D eigenvalue weighted by Gasteiger charge is 2.17. The molecule has 0 spiro atoms. The minimum absolute atomic E-state index is 0.00909. The van der Waals surface area contributed by atoms with Crippen LogP contribution in [0, 0.1) is 6.92 Å². The molecule has 4 rings (SSSR count). The first kappa shape index (κ1) is 21.6. The summed E-state index contributed by atoms with van der Waals surface area (Å²) in [5.74, 6) is 0. The second-order valence-corrected chi connectivity index (χ2v) is 8.56. The summed E-state index contributed by atoms with van der Waals surface area (Å²) in [5.41, 5.74) is 3.85. The van der Waals surface area contributed by atoms with Gasteiger partial charge >= 0.3 is 0 Å². The molecule has 3 aromatic rings. The number of piperazine rings is 1. The van der Waals surface area contributed by atoms with Gasteiger partial charge in [0, 0.05) is 54.6 Å². The van der Waals surface area contributed by atoms with E-state index >= 15 is 0 Å². The van der Waals surface area contributed by atoms with E-state index in [2.05, 4.69) is 21.0 Å². The van der Waals surface area contributed by atoms with Crippen molar-refractivity contribution in [3.05, 3.63) is 81.6 Å². The lowest BCUT2D eigenvalue weighted by molar-refractivity contribution is 0.250. The molecule has 0 bridgehead atoms. The molecule has 0 saturated carbocycles. The maximum atomic E-state index is 12.5. The molecule has 1 aliphatic heterocycles. The Morgan fingerprint density at radius 1 is 0.903 bits per heavy atom. The smallest absolute Gasteiger partial charge is 0.269 e. The van der Waals surface area contributed by atoms with Gasteiger partial charge in [0.2, 0.25) is 0 Å². The largest absolute Gasteiger partial charge is 0.369 e. The predicted octanol–water partition coefficient (Wildman–Crippen LogP) is 4.47. The Morgan fingerprint density at radius 2 is 1.65 bits per heavy atom. The summed E-state index contributed by atoms with van der Waals surface area (Å²) in [6, 6.07) is 20.0. The number of hydrogen-bond acceptors (Lipinski definition) is 4. The van der Waals surface area contributed by atoms with E-state index in [1.807, 2.05) is 61.5 Å². The molecule has 6 heteroatoms. The number of hydrogen-bond donors (Lipinski definition) is 0. The Labute approximate surface area is 188 Å². The van der Waals surface area contributed by atoms with Gasteiger partial charge in [0.25, 0.3) is 5.56 Å². The third-order valence-corrected chi connectivity index (χ3v) is 6.10. The molecule has 2 heterocycles. The van der Waals surface area contributed by atoms with E-state index in [9.17, 15) is 4.79 Å². The van der Waals surface area contributed by atoms with Crippen molar-refractivity contribution in [2.24, 2.45) is 0 Å². The highest BCUT2D eigenvalue weighted by atomic mass is 35.5. The molecule has 31 heavy (non-hydrogen) atoms. The molecular weight excluding hydrogens is 408 g/mol. The van der Waals surface area contributed by atoms with E-state index < -0.39 is 0 Å². The minimum atomic E-state index is 0.00909. The third kappa shape index (κ3) is 5.54. The van der Waals surface area contributed by atoms with Gasteiger partial charge in [-0.15, -0.1) is 0 Å². The molecule has 1 aromatic heterocycles. The number of unbranched alkanes of at least 4 members (excludes halogenated alkanes) is 1. The zero-order valence-electron chi connectivity index (χ0n) is 18.0. The van der Waals surface area contributed by atoms with Gasteiger partial charge in [-0.3, -0.25) is 9.69 Å². The zero-order valence-corrected chi connectivity index (χ0v) is 18.8. The second-order valence-electron chi connectivity index (χ2n) is 8.12. The van der Waals surface area contributed by atoms with Crippen LogP contribution in [-0.2, 0) is 6.54 Å². The molecule has 1 fully saturated rings. The van der Waals surface area contributed by atoms with Gasteiger partial charge in [-0.05, 0) is 50.6 Å². The Morgan fingerprint density at radius 3 is 2.39 bits per heavy atom. The first-order valence-electron chi connectivity index (χ1n) is 11.0. The van der Waals surface area contributed by atoms with Crippen molar-refractivity contribution in [1.82, 2.24) is 14.7 Å². The summed E-state index contributed by atoms with van der Waals surface area (Å²) >= 11 is 6.13. The second kappa shape index (κ2) is 10.1. The first-order valence-corrected chi connectivity index (χ1v) is 11.3. The molecular formula is C25H29ClN4O. The molecule has 0 N–H and O–H groups in total. The topological polar surface area (TPSA) is 41.4 Å². The lowest BCUT2D eigenvalue weighted by Gasteiger charge is -2.36. The van der Waals surface area contributed by atoms with Crippen molar-refractivity contribution in [2.45, 2.75) is 26.3 Å². The van der Waals surface area contributed by atoms with Crippen LogP contribution in [0.2, 0.25) is 5.02 Å². The van der Waals surface area contributed by atoms with E-state index in [0.717, 1.165) is 67.4 Å². The standard InChI is InChI=1S/C25H29ClN4O/c1-20-18-24(21-8-3-2-4-9-21)27-30(25(20)31)13-6-5-12-28-14-16-29(17-15-28)23-11-7-10-22(26)19-23/h2-4,7-11,18-19H,5-6,12-17H2,1H3. The van der Waals surface area contributed by atoms with Gasteiger partial charge in [-0.1, -0.05) is 48.0 Å². The number of aromatic nitrogens is 2. The molecule has 0 radical (unpaired) electrons. The fraction of sp³-hybridized carbons (Fsp3) is 0.360. The average Bonchev–Trinajstić information content (AvgIpc) is 2.80. The third-order valence-electron chi connectivity index (χ3n) is 5.86. The summed E-state index contributed by atoms with van der Waals surface area (Å²) in [6.45, 7) is 7.70. The quantitative estimate of drug-likeness (QED) is 0.512. The van der Waals surface area contributed by atoms with Crippen molar-refractivity contribution >= 4 is 17.3 Å².